The van der Waals surface area contributed by atoms with Crippen LogP contribution in [0.3, 0.4) is 0 Å². The van der Waals surface area contributed by atoms with E-state index in [1.807, 2.05) is 12.1 Å². The Morgan fingerprint density at radius 3 is 2.95 bits per heavy atom. The standard InChI is InChI=1S/C14H16ClN3O/c1-2-5-16-8-11-7-13(15)14(18-9-11)19-12-4-3-6-17-10-12/h3-4,6-7,9-10,16H,2,5,8H2,1H3. The molecule has 2 aromatic heterocycles. The predicted octanol–water partition coefficient (Wildman–Crippen LogP) is 3.42. The number of nitrogens with zero attached hydrogens (tertiary/aromatic N) is 2. The molecule has 0 aliphatic rings. The number of hydrogen-bond acceptors (Lipinski definition) is 4. The third-order valence-electron chi connectivity index (χ3n) is 2.47. The lowest BCUT2D eigenvalue weighted by Gasteiger charge is -2.08. The third kappa shape index (κ3) is 4.19. The van der Waals surface area contributed by atoms with Crippen LogP contribution in [-0.2, 0) is 6.54 Å². The van der Waals surface area contributed by atoms with E-state index in [1.54, 1.807) is 24.7 Å². The predicted molar refractivity (Wildman–Crippen MR) is 75.6 cm³/mol. The van der Waals surface area contributed by atoms with Crippen LogP contribution in [0.1, 0.15) is 18.9 Å². The smallest absolute Gasteiger partial charge is 0.238 e. The van der Waals surface area contributed by atoms with Crippen LogP contribution in [0.15, 0.2) is 36.8 Å². The van der Waals surface area contributed by atoms with Gasteiger partial charge in [-0.05, 0) is 36.7 Å². The highest BCUT2D eigenvalue weighted by atomic mass is 35.5. The second-order valence-electron chi connectivity index (χ2n) is 4.10. The van der Waals surface area contributed by atoms with Crippen molar-refractivity contribution in [2.75, 3.05) is 6.54 Å². The van der Waals surface area contributed by atoms with Gasteiger partial charge in [0.2, 0.25) is 5.88 Å². The third-order valence-corrected chi connectivity index (χ3v) is 2.74. The van der Waals surface area contributed by atoms with Gasteiger partial charge < -0.3 is 10.1 Å². The summed E-state index contributed by atoms with van der Waals surface area (Å²) < 4.78 is 5.56. The molecular weight excluding hydrogens is 262 g/mol. The maximum Gasteiger partial charge on any atom is 0.238 e. The highest BCUT2D eigenvalue weighted by Crippen LogP contribution is 2.26. The Labute approximate surface area is 117 Å². The summed E-state index contributed by atoms with van der Waals surface area (Å²) >= 11 is 6.16. The van der Waals surface area contributed by atoms with Gasteiger partial charge in [0.25, 0.3) is 0 Å². The zero-order valence-electron chi connectivity index (χ0n) is 10.8. The zero-order chi connectivity index (χ0) is 13.5. The van der Waals surface area contributed by atoms with Gasteiger partial charge in [0.15, 0.2) is 0 Å². The summed E-state index contributed by atoms with van der Waals surface area (Å²) in [5.41, 5.74) is 1.04. The topological polar surface area (TPSA) is 47.0 Å². The maximum atomic E-state index is 6.16. The van der Waals surface area contributed by atoms with E-state index < -0.39 is 0 Å². The Balaban J connectivity index is 2.03. The van der Waals surface area contributed by atoms with Gasteiger partial charge in [-0.1, -0.05) is 18.5 Å². The van der Waals surface area contributed by atoms with Crippen molar-refractivity contribution in [3.8, 4) is 11.6 Å². The van der Waals surface area contributed by atoms with Crippen molar-refractivity contribution in [2.45, 2.75) is 19.9 Å². The second kappa shape index (κ2) is 7.07. The Hall–Kier alpha value is -1.65. The molecule has 0 fully saturated rings. The van der Waals surface area contributed by atoms with Gasteiger partial charge in [0.1, 0.15) is 10.8 Å². The average Bonchev–Trinajstić information content (AvgIpc) is 2.43. The van der Waals surface area contributed by atoms with E-state index >= 15 is 0 Å². The van der Waals surface area contributed by atoms with E-state index in [4.69, 9.17) is 16.3 Å². The van der Waals surface area contributed by atoms with Crippen LogP contribution >= 0.6 is 11.6 Å². The minimum Gasteiger partial charge on any atom is -0.436 e. The van der Waals surface area contributed by atoms with Crippen molar-refractivity contribution >= 4 is 11.6 Å². The van der Waals surface area contributed by atoms with Crippen molar-refractivity contribution in [3.63, 3.8) is 0 Å². The van der Waals surface area contributed by atoms with Crippen molar-refractivity contribution in [3.05, 3.63) is 47.4 Å². The molecular formula is C14H16ClN3O. The first-order valence-corrected chi connectivity index (χ1v) is 6.60. The van der Waals surface area contributed by atoms with E-state index in [0.717, 1.165) is 25.1 Å². The number of pyridine rings is 2. The summed E-state index contributed by atoms with van der Waals surface area (Å²) in [7, 11) is 0. The molecule has 2 heterocycles. The van der Waals surface area contributed by atoms with Crippen LogP contribution in [0.5, 0.6) is 11.6 Å². The number of nitrogens with one attached hydrogen (secondary N) is 1. The molecule has 0 spiro atoms. The quantitative estimate of drug-likeness (QED) is 0.822. The number of hydrogen-bond donors (Lipinski definition) is 1. The van der Waals surface area contributed by atoms with E-state index in [2.05, 4.69) is 22.2 Å². The minimum atomic E-state index is 0.397. The largest absolute Gasteiger partial charge is 0.436 e. The van der Waals surface area contributed by atoms with Crippen molar-refractivity contribution < 1.29 is 4.74 Å². The lowest BCUT2D eigenvalue weighted by atomic mass is 10.3. The number of aromatic nitrogens is 2. The molecule has 5 heteroatoms. The van der Waals surface area contributed by atoms with E-state index in [1.165, 1.54) is 0 Å². The molecule has 100 valence electrons. The first-order chi connectivity index (χ1) is 9.29. The van der Waals surface area contributed by atoms with E-state index in [-0.39, 0.29) is 0 Å². The molecule has 0 unspecified atom stereocenters. The number of rotatable bonds is 6. The molecule has 0 saturated carbocycles. The second-order valence-corrected chi connectivity index (χ2v) is 4.51. The summed E-state index contributed by atoms with van der Waals surface area (Å²) in [5.74, 6) is 1.02. The molecule has 1 N–H and O–H groups in total. The molecule has 0 atom stereocenters. The molecule has 0 saturated heterocycles. The SMILES string of the molecule is CCCNCc1cnc(Oc2cccnc2)c(Cl)c1. The molecule has 0 aromatic carbocycles. The van der Waals surface area contributed by atoms with Gasteiger partial charge in [0, 0.05) is 18.9 Å². The Morgan fingerprint density at radius 1 is 1.37 bits per heavy atom. The maximum absolute atomic E-state index is 6.16. The van der Waals surface area contributed by atoms with Crippen molar-refractivity contribution in [1.82, 2.24) is 15.3 Å². The van der Waals surface area contributed by atoms with Crippen LogP contribution in [0.4, 0.5) is 0 Å². The molecule has 0 bridgehead atoms. The summed E-state index contributed by atoms with van der Waals surface area (Å²) in [4.78, 5) is 8.20. The van der Waals surface area contributed by atoms with E-state index in [0.29, 0.717) is 16.7 Å². The lowest BCUT2D eigenvalue weighted by Crippen LogP contribution is -2.13. The molecule has 0 aliphatic carbocycles. The first-order valence-electron chi connectivity index (χ1n) is 6.22. The molecule has 2 rings (SSSR count). The van der Waals surface area contributed by atoms with Crippen LogP contribution in [0, 0.1) is 0 Å². The highest BCUT2D eigenvalue weighted by molar-refractivity contribution is 6.31. The molecule has 0 aliphatic heterocycles. The molecule has 0 radical (unpaired) electrons. The monoisotopic (exact) mass is 277 g/mol. The first kappa shape index (κ1) is 13.8. The molecule has 0 amide bonds. The molecule has 4 nitrogen and oxygen atoms in total. The van der Waals surface area contributed by atoms with Crippen molar-refractivity contribution in [2.24, 2.45) is 0 Å². The van der Waals surface area contributed by atoms with Gasteiger partial charge >= 0.3 is 0 Å². The highest BCUT2D eigenvalue weighted by Gasteiger charge is 2.06. The summed E-state index contributed by atoms with van der Waals surface area (Å²) in [5, 5.41) is 3.80. The lowest BCUT2D eigenvalue weighted by molar-refractivity contribution is 0.460. The van der Waals surface area contributed by atoms with Gasteiger partial charge in [-0.2, -0.15) is 0 Å². The Morgan fingerprint density at radius 2 is 2.26 bits per heavy atom. The Kier molecular flexibility index (Phi) is 5.12. The minimum absolute atomic E-state index is 0.397. The summed E-state index contributed by atoms with van der Waals surface area (Å²) in [6.45, 7) is 3.86. The van der Waals surface area contributed by atoms with E-state index in [9.17, 15) is 0 Å². The fourth-order valence-electron chi connectivity index (χ4n) is 1.57. The average molecular weight is 278 g/mol. The number of halogens is 1. The zero-order valence-corrected chi connectivity index (χ0v) is 11.5. The van der Waals surface area contributed by atoms with Crippen LogP contribution in [0.2, 0.25) is 5.02 Å². The van der Waals surface area contributed by atoms with Crippen molar-refractivity contribution in [1.29, 1.82) is 0 Å². The number of ether oxygens (including phenoxy) is 1. The molecule has 2 aromatic rings. The summed E-state index contributed by atoms with van der Waals surface area (Å²) in [6, 6.07) is 5.47. The van der Waals surface area contributed by atoms with Gasteiger partial charge in [-0.15, -0.1) is 0 Å². The van der Waals surface area contributed by atoms with Gasteiger partial charge in [0.05, 0.1) is 6.20 Å². The van der Waals surface area contributed by atoms with Crippen LogP contribution in [-0.4, -0.2) is 16.5 Å². The van der Waals surface area contributed by atoms with Gasteiger partial charge in [-0.25, -0.2) is 4.98 Å². The normalized spacial score (nSPS) is 10.4. The van der Waals surface area contributed by atoms with Gasteiger partial charge in [-0.3, -0.25) is 4.98 Å². The fourth-order valence-corrected chi connectivity index (χ4v) is 1.79. The summed E-state index contributed by atoms with van der Waals surface area (Å²) in [6.07, 6.45) is 6.17. The van der Waals surface area contributed by atoms with Crippen LogP contribution in [0.25, 0.3) is 0 Å². The van der Waals surface area contributed by atoms with Crippen LogP contribution < -0.4 is 10.1 Å². The molecule has 19 heavy (non-hydrogen) atoms. The Bertz CT molecular complexity index is 519. The fraction of sp³-hybridized carbons (Fsp3) is 0.286.